The van der Waals surface area contributed by atoms with Crippen molar-refractivity contribution in [2.24, 2.45) is 5.92 Å². The van der Waals surface area contributed by atoms with Crippen LogP contribution in [-0.4, -0.2) is 61.4 Å². The molecule has 0 radical (unpaired) electrons. The minimum Gasteiger partial charge on any atom is -0.492 e. The van der Waals surface area contributed by atoms with Crippen molar-refractivity contribution in [3.63, 3.8) is 0 Å². The molecule has 3 aromatic rings. The summed E-state index contributed by atoms with van der Waals surface area (Å²) in [7, 11) is 1.74. The molecule has 2 amide bonds. The number of nitrogens with zero attached hydrogens (tertiary/aromatic N) is 2. The van der Waals surface area contributed by atoms with Crippen LogP contribution in [0.25, 0.3) is 11.1 Å². The van der Waals surface area contributed by atoms with Crippen molar-refractivity contribution >= 4 is 17.5 Å². The highest BCUT2D eigenvalue weighted by atomic mass is 16.5. The molecule has 5 rings (SSSR count). The number of ether oxygens (including phenoxy) is 1. The Labute approximate surface area is 219 Å². The molecule has 6 nitrogen and oxygen atoms in total. The van der Waals surface area contributed by atoms with E-state index in [0.717, 1.165) is 36.6 Å². The van der Waals surface area contributed by atoms with Crippen LogP contribution in [0, 0.1) is 5.92 Å². The predicted molar refractivity (Wildman–Crippen MR) is 147 cm³/mol. The second-order valence-electron chi connectivity index (χ2n) is 10.1. The van der Waals surface area contributed by atoms with Gasteiger partial charge in [0.15, 0.2) is 0 Å². The first-order valence-corrected chi connectivity index (χ1v) is 13.2. The normalized spacial score (nSPS) is 17.8. The second kappa shape index (κ2) is 11.6. The van der Waals surface area contributed by atoms with Gasteiger partial charge in [0.2, 0.25) is 11.8 Å². The molecule has 1 unspecified atom stereocenters. The van der Waals surface area contributed by atoms with E-state index in [-0.39, 0.29) is 24.2 Å². The summed E-state index contributed by atoms with van der Waals surface area (Å²) in [5, 5.41) is 2.96. The summed E-state index contributed by atoms with van der Waals surface area (Å²) in [6.45, 7) is 4.59. The van der Waals surface area contributed by atoms with E-state index < -0.39 is 0 Å². The van der Waals surface area contributed by atoms with Gasteiger partial charge in [-0.25, -0.2) is 0 Å². The fraction of sp³-hybridized carbons (Fsp3) is 0.355. The summed E-state index contributed by atoms with van der Waals surface area (Å²) < 4.78 is 5.96. The fourth-order valence-corrected chi connectivity index (χ4v) is 5.19. The molecule has 2 aliphatic heterocycles. The first kappa shape index (κ1) is 25.0. The maximum Gasteiger partial charge on any atom is 0.229 e. The highest BCUT2D eigenvalue weighted by Gasteiger charge is 2.32. The van der Waals surface area contributed by atoms with E-state index in [2.05, 4.69) is 58.7 Å². The van der Waals surface area contributed by atoms with Gasteiger partial charge in [0.25, 0.3) is 0 Å². The van der Waals surface area contributed by atoms with Gasteiger partial charge in [-0.3, -0.25) is 14.5 Å². The van der Waals surface area contributed by atoms with Crippen molar-refractivity contribution in [2.45, 2.75) is 25.7 Å². The smallest absolute Gasteiger partial charge is 0.229 e. The van der Waals surface area contributed by atoms with E-state index in [4.69, 9.17) is 4.74 Å². The molecule has 2 aliphatic rings. The third kappa shape index (κ3) is 6.38. The molecule has 0 bridgehead atoms. The van der Waals surface area contributed by atoms with Crippen LogP contribution in [0.2, 0.25) is 0 Å². The maximum atomic E-state index is 12.6. The fourth-order valence-electron chi connectivity index (χ4n) is 5.19. The molecule has 3 aromatic carbocycles. The lowest BCUT2D eigenvalue weighted by Gasteiger charge is -2.15. The van der Waals surface area contributed by atoms with E-state index in [1.807, 2.05) is 24.3 Å². The van der Waals surface area contributed by atoms with Crippen LogP contribution in [0.4, 0.5) is 5.69 Å². The summed E-state index contributed by atoms with van der Waals surface area (Å²) in [6, 6.07) is 24.8. The van der Waals surface area contributed by atoms with Crippen LogP contribution in [0.1, 0.15) is 30.4 Å². The molecule has 0 aliphatic carbocycles. The molecule has 192 valence electrons. The number of anilines is 1. The zero-order valence-electron chi connectivity index (χ0n) is 21.5. The monoisotopic (exact) mass is 497 g/mol. The lowest BCUT2D eigenvalue weighted by atomic mass is 9.95. The summed E-state index contributed by atoms with van der Waals surface area (Å²) in [5.74, 6) is 0.545. The summed E-state index contributed by atoms with van der Waals surface area (Å²) in [5.41, 5.74) is 5.50. The van der Waals surface area contributed by atoms with Gasteiger partial charge < -0.3 is 15.0 Å². The molecule has 2 heterocycles. The number of nitrogens with one attached hydrogen (secondary N) is 1. The van der Waals surface area contributed by atoms with E-state index in [9.17, 15) is 9.59 Å². The number of carbonyl (C=O) groups excluding carboxylic acids is 2. The number of rotatable bonds is 9. The van der Waals surface area contributed by atoms with Gasteiger partial charge in [-0.2, -0.15) is 0 Å². The lowest BCUT2D eigenvalue weighted by Crippen LogP contribution is -2.25. The minimum atomic E-state index is -0.292. The minimum absolute atomic E-state index is 0.0202. The third-order valence-electron chi connectivity index (χ3n) is 7.39. The molecular formula is C31H35N3O3. The van der Waals surface area contributed by atoms with Gasteiger partial charge >= 0.3 is 0 Å². The molecule has 2 saturated heterocycles. The van der Waals surface area contributed by atoms with Gasteiger partial charge in [0, 0.05) is 32.2 Å². The molecule has 6 heteroatoms. The van der Waals surface area contributed by atoms with Gasteiger partial charge in [-0.15, -0.1) is 0 Å². The van der Waals surface area contributed by atoms with Crippen molar-refractivity contribution in [1.29, 1.82) is 0 Å². The molecule has 1 atom stereocenters. The van der Waals surface area contributed by atoms with Crippen LogP contribution in [0.15, 0.2) is 72.8 Å². The molecule has 37 heavy (non-hydrogen) atoms. The van der Waals surface area contributed by atoms with Gasteiger partial charge in [0.05, 0.1) is 5.92 Å². The summed E-state index contributed by atoms with van der Waals surface area (Å²) in [6.07, 6.45) is 3.71. The van der Waals surface area contributed by atoms with E-state index in [1.165, 1.54) is 42.6 Å². The quantitative estimate of drug-likeness (QED) is 0.460. The Morgan fingerprint density at radius 2 is 1.70 bits per heavy atom. The topological polar surface area (TPSA) is 61.9 Å². The van der Waals surface area contributed by atoms with Crippen molar-refractivity contribution in [2.75, 3.05) is 45.2 Å². The highest BCUT2D eigenvalue weighted by Crippen LogP contribution is 2.28. The first-order chi connectivity index (χ1) is 18.0. The van der Waals surface area contributed by atoms with Crippen LogP contribution in [0.3, 0.4) is 0 Å². The number of hydrogen-bond donors (Lipinski definition) is 1. The van der Waals surface area contributed by atoms with Crippen molar-refractivity contribution < 1.29 is 14.3 Å². The zero-order chi connectivity index (χ0) is 25.6. The largest absolute Gasteiger partial charge is 0.492 e. The number of benzene rings is 3. The molecule has 1 N–H and O–H groups in total. The second-order valence-corrected chi connectivity index (χ2v) is 10.1. The molecule has 0 saturated carbocycles. The number of hydrogen-bond acceptors (Lipinski definition) is 4. The summed E-state index contributed by atoms with van der Waals surface area (Å²) in [4.78, 5) is 28.4. The van der Waals surface area contributed by atoms with Crippen LogP contribution >= 0.6 is 0 Å². The van der Waals surface area contributed by atoms with Crippen LogP contribution in [-0.2, 0) is 16.0 Å². The van der Waals surface area contributed by atoms with E-state index in [1.54, 1.807) is 11.9 Å². The Morgan fingerprint density at radius 1 is 0.973 bits per heavy atom. The Kier molecular flexibility index (Phi) is 7.85. The van der Waals surface area contributed by atoms with Gasteiger partial charge in [-0.1, -0.05) is 48.5 Å². The zero-order valence-corrected chi connectivity index (χ0v) is 21.5. The van der Waals surface area contributed by atoms with Crippen LogP contribution < -0.4 is 10.1 Å². The van der Waals surface area contributed by atoms with Crippen LogP contribution in [0.5, 0.6) is 5.75 Å². The van der Waals surface area contributed by atoms with Gasteiger partial charge in [0.1, 0.15) is 12.4 Å². The number of amides is 2. The van der Waals surface area contributed by atoms with Crippen molar-refractivity contribution in [1.82, 2.24) is 9.80 Å². The lowest BCUT2D eigenvalue weighted by molar-refractivity contribution is -0.127. The molecule has 2 fully saturated rings. The van der Waals surface area contributed by atoms with Crippen molar-refractivity contribution in [3.8, 4) is 16.9 Å². The number of carbonyl (C=O) groups is 2. The molecule has 0 spiro atoms. The third-order valence-corrected chi connectivity index (χ3v) is 7.39. The number of likely N-dealkylation sites (tertiary alicyclic amines) is 2. The van der Waals surface area contributed by atoms with E-state index in [0.29, 0.717) is 6.54 Å². The Morgan fingerprint density at radius 3 is 2.41 bits per heavy atom. The average molecular weight is 498 g/mol. The average Bonchev–Trinajstić information content (AvgIpc) is 3.55. The Balaban J connectivity index is 1.19. The molecular weight excluding hydrogens is 462 g/mol. The summed E-state index contributed by atoms with van der Waals surface area (Å²) >= 11 is 0. The highest BCUT2D eigenvalue weighted by molar-refractivity contribution is 5.97. The standard InChI is InChI=1S/C31H35N3O3/c1-33-22-26(21-30(33)35)31(36)32-27-12-10-24(11-13-27)29-7-3-2-6-25(29)20-23-8-14-28(15-9-23)37-19-18-34-16-4-5-17-34/h2-3,6-15,26H,4-5,16-22H2,1H3,(H,32,36). The van der Waals surface area contributed by atoms with Gasteiger partial charge in [-0.05, 0) is 78.9 Å². The Bertz CT molecular complexity index is 1220. The maximum absolute atomic E-state index is 12.6. The molecule has 0 aromatic heterocycles. The van der Waals surface area contributed by atoms with E-state index >= 15 is 0 Å². The predicted octanol–water partition coefficient (Wildman–Crippen LogP) is 4.84. The SMILES string of the molecule is CN1CC(C(=O)Nc2ccc(-c3ccccc3Cc3ccc(OCCN4CCCC4)cc3)cc2)CC1=O. The van der Waals surface area contributed by atoms with Crippen molar-refractivity contribution in [3.05, 3.63) is 83.9 Å². The first-order valence-electron chi connectivity index (χ1n) is 13.2. The Hall–Kier alpha value is -3.64.